The molecule has 0 radical (unpaired) electrons. The highest BCUT2D eigenvalue weighted by Gasteiger charge is 2.34. The molecule has 0 saturated carbocycles. The number of rotatable bonds is 6. The topological polar surface area (TPSA) is 82.3 Å². The van der Waals surface area contributed by atoms with Gasteiger partial charge in [0.05, 0.1) is 11.1 Å². The lowest BCUT2D eigenvalue weighted by Crippen LogP contribution is -2.32. The summed E-state index contributed by atoms with van der Waals surface area (Å²) in [5.74, 6) is -0.645. The van der Waals surface area contributed by atoms with E-state index in [4.69, 9.17) is 0 Å². The molecule has 6 nitrogen and oxygen atoms in total. The molecule has 0 saturated heterocycles. The zero-order valence-electron chi connectivity index (χ0n) is 14.4. The first-order valence-corrected chi connectivity index (χ1v) is 8.34. The van der Waals surface area contributed by atoms with E-state index in [1.807, 2.05) is 19.9 Å². The van der Waals surface area contributed by atoms with Gasteiger partial charge in [-0.3, -0.25) is 19.3 Å². The van der Waals surface area contributed by atoms with Crippen molar-refractivity contribution >= 4 is 17.7 Å². The van der Waals surface area contributed by atoms with Crippen molar-refractivity contribution < 1.29 is 14.4 Å². The number of aryl methyl sites for hydroxylation is 2. The zero-order valence-corrected chi connectivity index (χ0v) is 14.4. The number of H-pyrrole nitrogens is 1. The Morgan fingerprint density at radius 2 is 1.76 bits per heavy atom. The highest BCUT2D eigenvalue weighted by atomic mass is 16.2. The number of amides is 3. The van der Waals surface area contributed by atoms with Crippen LogP contribution in [0.4, 0.5) is 0 Å². The molecule has 0 atom stereocenters. The third-order valence-electron chi connectivity index (χ3n) is 4.40. The van der Waals surface area contributed by atoms with Crippen LogP contribution in [0.25, 0.3) is 0 Å². The molecular weight excluding hydrogens is 318 g/mol. The molecule has 2 heterocycles. The Hall–Kier alpha value is -2.89. The van der Waals surface area contributed by atoms with Crippen LogP contribution < -0.4 is 5.32 Å². The van der Waals surface area contributed by atoms with Crippen molar-refractivity contribution in [2.75, 3.05) is 6.54 Å². The SMILES string of the molecule is Cc1cc(CNC(=O)CCCN2C(=O)c3ccccc3C2=O)c(C)[nH]1. The number of aromatic amines is 1. The third kappa shape index (κ3) is 3.47. The summed E-state index contributed by atoms with van der Waals surface area (Å²) < 4.78 is 0. The van der Waals surface area contributed by atoms with Gasteiger partial charge in [0.1, 0.15) is 0 Å². The number of nitrogens with one attached hydrogen (secondary N) is 2. The van der Waals surface area contributed by atoms with Crippen LogP contribution in [-0.2, 0) is 11.3 Å². The molecule has 0 unspecified atom stereocenters. The quantitative estimate of drug-likeness (QED) is 0.793. The van der Waals surface area contributed by atoms with Crippen LogP contribution in [0.5, 0.6) is 0 Å². The van der Waals surface area contributed by atoms with E-state index in [9.17, 15) is 14.4 Å². The van der Waals surface area contributed by atoms with Crippen LogP contribution >= 0.6 is 0 Å². The highest BCUT2D eigenvalue weighted by molar-refractivity contribution is 6.21. The normalized spacial score (nSPS) is 13.3. The van der Waals surface area contributed by atoms with Crippen molar-refractivity contribution in [1.29, 1.82) is 0 Å². The molecular formula is C19H21N3O3. The van der Waals surface area contributed by atoms with E-state index < -0.39 is 0 Å². The van der Waals surface area contributed by atoms with Gasteiger partial charge in [-0.2, -0.15) is 0 Å². The monoisotopic (exact) mass is 339 g/mol. The number of fused-ring (bicyclic) bond motifs is 1. The molecule has 1 aromatic heterocycles. The fourth-order valence-electron chi connectivity index (χ4n) is 3.09. The van der Waals surface area contributed by atoms with Gasteiger partial charge in [-0.05, 0) is 44.0 Å². The molecule has 130 valence electrons. The Balaban J connectivity index is 1.47. The van der Waals surface area contributed by atoms with Gasteiger partial charge in [0, 0.05) is 30.9 Å². The molecule has 3 amide bonds. The van der Waals surface area contributed by atoms with Crippen LogP contribution in [0.3, 0.4) is 0 Å². The third-order valence-corrected chi connectivity index (χ3v) is 4.40. The number of carbonyl (C=O) groups is 3. The number of imide groups is 1. The standard InChI is InChI=1S/C19H21N3O3/c1-12-10-14(13(2)21-12)11-20-17(23)8-5-9-22-18(24)15-6-3-4-7-16(15)19(22)25/h3-4,6-7,10,21H,5,8-9,11H2,1-2H3,(H,20,23). The van der Waals surface area contributed by atoms with Crippen molar-refractivity contribution in [1.82, 2.24) is 15.2 Å². The Kier molecular flexibility index (Phi) is 4.70. The van der Waals surface area contributed by atoms with Gasteiger partial charge in [-0.25, -0.2) is 0 Å². The molecule has 0 aliphatic carbocycles. The zero-order chi connectivity index (χ0) is 18.0. The number of hydrogen-bond donors (Lipinski definition) is 2. The lowest BCUT2D eigenvalue weighted by Gasteiger charge is -2.13. The van der Waals surface area contributed by atoms with Crippen LogP contribution in [0.1, 0.15) is 50.5 Å². The molecule has 0 spiro atoms. The highest BCUT2D eigenvalue weighted by Crippen LogP contribution is 2.22. The van der Waals surface area contributed by atoms with Crippen LogP contribution in [0.15, 0.2) is 30.3 Å². The maximum absolute atomic E-state index is 12.2. The van der Waals surface area contributed by atoms with E-state index >= 15 is 0 Å². The van der Waals surface area contributed by atoms with Gasteiger partial charge < -0.3 is 10.3 Å². The summed E-state index contributed by atoms with van der Waals surface area (Å²) in [6.07, 6.45) is 0.721. The average molecular weight is 339 g/mol. The van der Waals surface area contributed by atoms with Gasteiger partial charge >= 0.3 is 0 Å². The lowest BCUT2D eigenvalue weighted by atomic mass is 10.1. The van der Waals surface area contributed by atoms with Crippen LogP contribution in [0, 0.1) is 13.8 Å². The van der Waals surface area contributed by atoms with E-state index in [1.165, 1.54) is 4.90 Å². The first-order valence-electron chi connectivity index (χ1n) is 8.34. The fraction of sp³-hybridized carbons (Fsp3) is 0.316. The molecule has 2 aromatic rings. The molecule has 2 N–H and O–H groups in total. The maximum atomic E-state index is 12.2. The van der Waals surface area contributed by atoms with Gasteiger partial charge in [0.15, 0.2) is 0 Å². The van der Waals surface area contributed by atoms with Gasteiger partial charge in [0.2, 0.25) is 5.91 Å². The van der Waals surface area contributed by atoms with Crippen molar-refractivity contribution in [2.45, 2.75) is 33.2 Å². The molecule has 1 aliphatic heterocycles. The summed E-state index contributed by atoms with van der Waals surface area (Å²) in [7, 11) is 0. The van der Waals surface area contributed by atoms with Gasteiger partial charge in [0.25, 0.3) is 11.8 Å². The van der Waals surface area contributed by atoms with Gasteiger partial charge in [-0.1, -0.05) is 12.1 Å². The Bertz CT molecular complexity index is 803. The van der Waals surface area contributed by atoms with Crippen molar-refractivity contribution in [3.05, 3.63) is 58.4 Å². The van der Waals surface area contributed by atoms with Crippen molar-refractivity contribution in [3.8, 4) is 0 Å². The Morgan fingerprint density at radius 3 is 2.32 bits per heavy atom. The largest absolute Gasteiger partial charge is 0.362 e. The van der Waals surface area contributed by atoms with E-state index in [2.05, 4.69) is 10.3 Å². The van der Waals surface area contributed by atoms with Crippen molar-refractivity contribution in [3.63, 3.8) is 0 Å². The van der Waals surface area contributed by atoms with E-state index in [1.54, 1.807) is 24.3 Å². The van der Waals surface area contributed by atoms with Crippen molar-refractivity contribution in [2.24, 2.45) is 0 Å². The summed E-state index contributed by atoms with van der Waals surface area (Å²) in [5.41, 5.74) is 4.05. The second kappa shape index (κ2) is 6.93. The summed E-state index contributed by atoms with van der Waals surface area (Å²) in [6, 6.07) is 8.80. The molecule has 1 aromatic carbocycles. The van der Waals surface area contributed by atoms with Gasteiger partial charge in [-0.15, -0.1) is 0 Å². The second-order valence-corrected chi connectivity index (χ2v) is 6.29. The minimum Gasteiger partial charge on any atom is -0.362 e. The van der Waals surface area contributed by atoms with Crippen LogP contribution in [-0.4, -0.2) is 34.2 Å². The average Bonchev–Trinajstić information content (AvgIpc) is 3.04. The fourth-order valence-corrected chi connectivity index (χ4v) is 3.09. The number of nitrogens with zero attached hydrogens (tertiary/aromatic N) is 1. The predicted octanol–water partition coefficient (Wildman–Crippen LogP) is 2.32. The summed E-state index contributed by atoms with van der Waals surface area (Å²) in [5, 5.41) is 2.87. The van der Waals surface area contributed by atoms with E-state index in [0.717, 1.165) is 17.0 Å². The smallest absolute Gasteiger partial charge is 0.261 e. The summed E-state index contributed by atoms with van der Waals surface area (Å²) in [4.78, 5) is 40.9. The molecule has 0 bridgehead atoms. The predicted molar refractivity (Wildman–Crippen MR) is 93.2 cm³/mol. The minimum absolute atomic E-state index is 0.0881. The lowest BCUT2D eigenvalue weighted by molar-refractivity contribution is -0.121. The number of aromatic nitrogens is 1. The minimum atomic E-state index is -0.278. The summed E-state index contributed by atoms with van der Waals surface area (Å²) in [6.45, 7) is 4.67. The molecule has 0 fully saturated rings. The molecule has 6 heteroatoms. The van der Waals surface area contributed by atoms with E-state index in [0.29, 0.717) is 24.1 Å². The second-order valence-electron chi connectivity index (χ2n) is 6.29. The first-order chi connectivity index (χ1) is 12.0. The number of hydrogen-bond acceptors (Lipinski definition) is 3. The number of carbonyl (C=O) groups excluding carboxylic acids is 3. The Morgan fingerprint density at radius 1 is 1.12 bits per heavy atom. The van der Waals surface area contributed by atoms with E-state index in [-0.39, 0.29) is 30.7 Å². The molecule has 25 heavy (non-hydrogen) atoms. The maximum Gasteiger partial charge on any atom is 0.261 e. The number of benzene rings is 1. The summed E-state index contributed by atoms with van der Waals surface area (Å²) >= 11 is 0. The molecule has 1 aliphatic rings. The van der Waals surface area contributed by atoms with Crippen LogP contribution in [0.2, 0.25) is 0 Å². The molecule has 3 rings (SSSR count). The first kappa shape index (κ1) is 17.0. The Labute approximate surface area is 146 Å².